The average molecular weight is 272 g/mol. The fourth-order valence-corrected chi connectivity index (χ4v) is 3.37. The Labute approximate surface area is 83.7 Å². The number of rotatable bonds is 1. The van der Waals surface area contributed by atoms with E-state index >= 15 is 0 Å². The van der Waals surface area contributed by atoms with Gasteiger partial charge in [-0.1, -0.05) is 29.3 Å². The average Bonchev–Trinajstić information content (AvgIpc) is 1.79. The number of hydrogen-bond acceptors (Lipinski definition) is 0. The fourth-order valence-electron chi connectivity index (χ4n) is 1.54. The predicted octanol–water partition coefficient (Wildman–Crippen LogP) is 3.20. The minimum atomic E-state index is 0.438. The molecule has 0 nitrogen and oxygen atoms in total. The second-order valence-electron chi connectivity index (χ2n) is 3.35. The molecular formula is C11H13I. The van der Waals surface area contributed by atoms with Gasteiger partial charge in [-0.05, 0) is 33.8 Å². The van der Waals surface area contributed by atoms with Crippen LogP contribution in [0.1, 0.15) is 23.1 Å². The summed E-state index contributed by atoms with van der Waals surface area (Å²) in [6.45, 7) is 4.38. The summed E-state index contributed by atoms with van der Waals surface area (Å²) in [4.78, 5) is 0. The van der Waals surface area contributed by atoms with E-state index in [1.165, 1.54) is 27.5 Å². The van der Waals surface area contributed by atoms with Crippen LogP contribution in [0.2, 0.25) is 0 Å². The molecule has 0 spiro atoms. The summed E-state index contributed by atoms with van der Waals surface area (Å²) < 4.78 is 3.27. The first-order valence-electron chi connectivity index (χ1n) is 4.29. The standard InChI is InChI=1S/C11H13I/c1-8-5-9(2)7-10(6-8)11-3-4-12-11/h5-7H,3-4H2,1-2H3. The van der Waals surface area contributed by atoms with E-state index in [0.717, 1.165) is 0 Å². The second-order valence-corrected chi connectivity index (χ2v) is 6.50. The topological polar surface area (TPSA) is 0 Å². The zero-order valence-electron chi connectivity index (χ0n) is 7.52. The highest BCUT2D eigenvalue weighted by Gasteiger charge is 2.09. The molecule has 1 heteroatoms. The van der Waals surface area contributed by atoms with Crippen LogP contribution in [-0.4, -0.2) is 7.94 Å². The van der Waals surface area contributed by atoms with Crippen LogP contribution in [0.4, 0.5) is 0 Å². The minimum Gasteiger partial charge on any atom is -0.118 e. The molecule has 1 heterocycles. The highest BCUT2D eigenvalue weighted by molar-refractivity contribution is 14.2. The summed E-state index contributed by atoms with van der Waals surface area (Å²) in [7, 11) is 0. The van der Waals surface area contributed by atoms with Crippen LogP contribution in [0.3, 0.4) is 0 Å². The third-order valence-electron chi connectivity index (χ3n) is 2.10. The van der Waals surface area contributed by atoms with Gasteiger partial charge in [-0.2, -0.15) is 0 Å². The molecular weight excluding hydrogens is 259 g/mol. The predicted molar refractivity (Wildman–Crippen MR) is 63.5 cm³/mol. The minimum absolute atomic E-state index is 0.438. The Morgan fingerprint density at radius 1 is 1.08 bits per heavy atom. The van der Waals surface area contributed by atoms with Crippen molar-refractivity contribution in [2.24, 2.45) is 0 Å². The Morgan fingerprint density at radius 2 is 1.67 bits per heavy atom. The summed E-state index contributed by atoms with van der Waals surface area (Å²) in [5.74, 6) is 0. The third-order valence-corrected chi connectivity index (χ3v) is 5.27. The zero-order chi connectivity index (χ0) is 8.55. The summed E-state index contributed by atoms with van der Waals surface area (Å²) >= 11 is 0.438. The maximum absolute atomic E-state index is 2.33. The first-order valence-corrected chi connectivity index (χ1v) is 6.90. The molecule has 64 valence electrons. The van der Waals surface area contributed by atoms with Gasteiger partial charge < -0.3 is 0 Å². The molecule has 0 fully saturated rings. The summed E-state index contributed by atoms with van der Waals surface area (Å²) in [6, 6.07) is 6.92. The van der Waals surface area contributed by atoms with Crippen LogP contribution in [0.15, 0.2) is 18.2 Å². The number of halogens is 1. The van der Waals surface area contributed by atoms with Gasteiger partial charge in [0.05, 0.1) is 0 Å². The van der Waals surface area contributed by atoms with Gasteiger partial charge in [-0.15, -0.1) is 20.7 Å². The summed E-state index contributed by atoms with van der Waals surface area (Å²) in [6.07, 6.45) is 1.37. The molecule has 1 aromatic carbocycles. The van der Waals surface area contributed by atoms with E-state index in [-0.39, 0.29) is 0 Å². The van der Waals surface area contributed by atoms with E-state index in [1.807, 2.05) is 0 Å². The van der Waals surface area contributed by atoms with Crippen molar-refractivity contribution in [2.45, 2.75) is 20.3 Å². The molecule has 2 rings (SSSR count). The molecule has 0 amide bonds. The third kappa shape index (κ3) is 1.60. The molecule has 12 heavy (non-hydrogen) atoms. The molecule has 0 atom stereocenters. The molecule has 0 saturated heterocycles. The Balaban J connectivity index is 2.43. The summed E-state index contributed by atoms with van der Waals surface area (Å²) in [5.41, 5.74) is 4.35. The molecule has 0 bridgehead atoms. The van der Waals surface area contributed by atoms with Crippen molar-refractivity contribution >= 4 is 24.2 Å². The fraction of sp³-hybridized carbons (Fsp3) is 0.364. The van der Waals surface area contributed by atoms with Crippen LogP contribution in [0.5, 0.6) is 0 Å². The van der Waals surface area contributed by atoms with Gasteiger partial charge >= 0.3 is 0 Å². The molecule has 0 aliphatic carbocycles. The van der Waals surface area contributed by atoms with Crippen LogP contribution >= 0.6 is 20.7 Å². The van der Waals surface area contributed by atoms with E-state index in [1.54, 1.807) is 3.51 Å². The first-order chi connectivity index (χ1) is 5.75. The smallest absolute Gasteiger partial charge is 0.000480 e. The lowest BCUT2D eigenvalue weighted by Crippen LogP contribution is -2.07. The largest absolute Gasteiger partial charge is 0.118 e. The molecule has 0 aromatic heterocycles. The molecule has 0 saturated carbocycles. The van der Waals surface area contributed by atoms with Crippen molar-refractivity contribution in [3.63, 3.8) is 0 Å². The lowest BCUT2D eigenvalue weighted by atomic mass is 10.0. The van der Waals surface area contributed by atoms with Crippen LogP contribution < -0.4 is 0 Å². The van der Waals surface area contributed by atoms with Gasteiger partial charge in [0.1, 0.15) is 0 Å². The Hall–Kier alpha value is -0.180. The van der Waals surface area contributed by atoms with Crippen LogP contribution in [-0.2, 0) is 0 Å². The molecule has 0 unspecified atom stereocenters. The van der Waals surface area contributed by atoms with E-state index in [9.17, 15) is 0 Å². The summed E-state index contributed by atoms with van der Waals surface area (Å²) in [5, 5.41) is 0. The van der Waals surface area contributed by atoms with E-state index in [2.05, 4.69) is 32.0 Å². The van der Waals surface area contributed by atoms with Gasteiger partial charge in [-0.25, -0.2) is 0 Å². The Bertz CT molecular complexity index is 317. The van der Waals surface area contributed by atoms with Gasteiger partial charge in [0.25, 0.3) is 0 Å². The highest BCUT2D eigenvalue weighted by atomic mass is 127. The van der Waals surface area contributed by atoms with Crippen LogP contribution in [0, 0.1) is 13.8 Å². The van der Waals surface area contributed by atoms with Crippen molar-refractivity contribution < 1.29 is 0 Å². The molecule has 0 radical (unpaired) electrons. The van der Waals surface area contributed by atoms with Gasteiger partial charge in [0, 0.05) is 0 Å². The molecule has 1 aromatic rings. The van der Waals surface area contributed by atoms with Crippen molar-refractivity contribution in [3.8, 4) is 0 Å². The lowest BCUT2D eigenvalue weighted by molar-refractivity contribution is 1.32. The van der Waals surface area contributed by atoms with Gasteiger partial charge in [-0.3, -0.25) is 0 Å². The van der Waals surface area contributed by atoms with E-state index < -0.39 is 0 Å². The molecule has 1 aliphatic rings. The SMILES string of the molecule is Cc1cc(C)cc(C2=ICC2)c1. The molecule has 1 aliphatic heterocycles. The number of hydrogen-bond donors (Lipinski definition) is 0. The first kappa shape index (κ1) is 8.42. The van der Waals surface area contributed by atoms with E-state index in [0.29, 0.717) is 20.7 Å². The van der Waals surface area contributed by atoms with Crippen LogP contribution in [0.25, 0.3) is 0 Å². The molecule has 0 N–H and O–H groups in total. The quantitative estimate of drug-likeness (QED) is 0.544. The zero-order valence-corrected chi connectivity index (χ0v) is 9.68. The number of alkyl halides is 1. The van der Waals surface area contributed by atoms with Crippen molar-refractivity contribution in [1.82, 2.24) is 0 Å². The Morgan fingerprint density at radius 3 is 2.08 bits per heavy atom. The number of benzene rings is 1. The maximum atomic E-state index is 2.33. The second kappa shape index (κ2) is 3.29. The monoisotopic (exact) mass is 272 g/mol. The highest BCUT2D eigenvalue weighted by Crippen LogP contribution is 2.25. The maximum Gasteiger partial charge on any atom is -0.000480 e. The van der Waals surface area contributed by atoms with E-state index in [4.69, 9.17) is 0 Å². The normalized spacial score (nSPS) is 16.0. The van der Waals surface area contributed by atoms with Crippen molar-refractivity contribution in [1.29, 1.82) is 0 Å². The van der Waals surface area contributed by atoms with Gasteiger partial charge in [0.2, 0.25) is 0 Å². The van der Waals surface area contributed by atoms with Crippen molar-refractivity contribution in [2.75, 3.05) is 4.43 Å². The van der Waals surface area contributed by atoms with Gasteiger partial charge in [0.15, 0.2) is 0 Å². The number of aryl methyl sites for hydroxylation is 2. The lowest BCUT2D eigenvalue weighted by Gasteiger charge is -2.14. The Kier molecular flexibility index (Phi) is 2.31. The van der Waals surface area contributed by atoms with Crippen molar-refractivity contribution in [3.05, 3.63) is 34.9 Å².